The molecule has 25 heavy (non-hydrogen) atoms. The van der Waals surface area contributed by atoms with Crippen LogP contribution in [-0.4, -0.2) is 17.7 Å². The van der Waals surface area contributed by atoms with Gasteiger partial charge in [0.1, 0.15) is 0 Å². The van der Waals surface area contributed by atoms with Crippen molar-refractivity contribution >= 4 is 38.3 Å². The zero-order valence-corrected chi connectivity index (χ0v) is 13.9. The molecular weight excluding hydrogens is 312 g/mol. The van der Waals surface area contributed by atoms with Gasteiger partial charge in [0.25, 0.3) is 0 Å². The molecule has 0 saturated heterocycles. The highest BCUT2D eigenvalue weighted by Gasteiger charge is 2.23. The van der Waals surface area contributed by atoms with Gasteiger partial charge in [-0.1, -0.05) is 60.7 Å². The summed E-state index contributed by atoms with van der Waals surface area (Å²) in [5, 5.41) is 16.8. The molecule has 0 radical (unpaired) electrons. The Morgan fingerprint density at radius 3 is 2.36 bits per heavy atom. The predicted octanol–water partition coefficient (Wildman–Crippen LogP) is 4.74. The Bertz CT molecular complexity index is 1100. The van der Waals surface area contributed by atoms with Crippen LogP contribution in [0.15, 0.2) is 66.7 Å². The van der Waals surface area contributed by atoms with Gasteiger partial charge in [-0.15, -0.1) is 0 Å². The molecule has 0 aliphatic rings. The smallest absolute Gasteiger partial charge is 0.339 e. The molecule has 4 rings (SSSR count). The first-order chi connectivity index (χ1) is 12.2. The molecule has 0 aromatic heterocycles. The van der Waals surface area contributed by atoms with E-state index in [9.17, 15) is 9.90 Å². The van der Waals surface area contributed by atoms with Crippen LogP contribution in [0.1, 0.15) is 18.6 Å². The summed E-state index contributed by atoms with van der Waals surface area (Å²) in [6, 6.07) is 22.0. The van der Waals surface area contributed by atoms with Crippen LogP contribution in [0.2, 0.25) is 0 Å². The standard InChI is InChI=1S/C22H18O3/c1-2-25-22(24)21(23)19-13-15-8-4-5-9-16(15)18-12-11-14-7-3-6-10-17(14)20(18)19/h3-13,21,23H,2H2,1H3/t21-/m1/s1. The molecule has 0 unspecified atom stereocenters. The first kappa shape index (κ1) is 15.6. The lowest BCUT2D eigenvalue weighted by molar-refractivity contribution is -0.153. The van der Waals surface area contributed by atoms with Gasteiger partial charge in [-0.3, -0.25) is 0 Å². The molecule has 0 spiro atoms. The van der Waals surface area contributed by atoms with Crippen LogP contribution >= 0.6 is 0 Å². The second-order valence-electron chi connectivity index (χ2n) is 6.05. The van der Waals surface area contributed by atoms with Gasteiger partial charge >= 0.3 is 5.97 Å². The highest BCUT2D eigenvalue weighted by Crippen LogP contribution is 2.37. The fourth-order valence-electron chi connectivity index (χ4n) is 3.48. The molecule has 0 fully saturated rings. The van der Waals surface area contributed by atoms with Crippen molar-refractivity contribution in [1.29, 1.82) is 0 Å². The van der Waals surface area contributed by atoms with E-state index in [-0.39, 0.29) is 6.61 Å². The van der Waals surface area contributed by atoms with Gasteiger partial charge in [0.15, 0.2) is 6.10 Å². The molecule has 124 valence electrons. The van der Waals surface area contributed by atoms with E-state index in [2.05, 4.69) is 18.2 Å². The molecule has 4 aromatic carbocycles. The number of aliphatic hydroxyl groups is 1. The lowest BCUT2D eigenvalue weighted by Gasteiger charge is -2.16. The molecule has 1 N–H and O–H groups in total. The summed E-state index contributed by atoms with van der Waals surface area (Å²) in [7, 11) is 0. The second kappa shape index (κ2) is 6.19. The molecule has 0 aliphatic heterocycles. The first-order valence-electron chi connectivity index (χ1n) is 8.38. The normalized spacial score (nSPS) is 12.6. The second-order valence-corrected chi connectivity index (χ2v) is 6.05. The number of hydrogen-bond acceptors (Lipinski definition) is 3. The minimum absolute atomic E-state index is 0.238. The Kier molecular flexibility index (Phi) is 3.86. The van der Waals surface area contributed by atoms with Gasteiger partial charge in [-0.2, -0.15) is 0 Å². The number of esters is 1. The number of fused-ring (bicyclic) bond motifs is 5. The third kappa shape index (κ3) is 2.53. The number of hydrogen-bond donors (Lipinski definition) is 1. The topological polar surface area (TPSA) is 46.5 Å². The van der Waals surface area contributed by atoms with Crippen LogP contribution in [-0.2, 0) is 9.53 Å². The van der Waals surface area contributed by atoms with Crippen molar-refractivity contribution < 1.29 is 14.6 Å². The monoisotopic (exact) mass is 330 g/mol. The zero-order valence-electron chi connectivity index (χ0n) is 13.9. The fourth-order valence-corrected chi connectivity index (χ4v) is 3.48. The number of benzene rings is 4. The van der Waals surface area contributed by atoms with E-state index in [0.717, 1.165) is 32.3 Å². The van der Waals surface area contributed by atoms with Crippen LogP contribution < -0.4 is 0 Å². The third-order valence-electron chi connectivity index (χ3n) is 4.58. The highest BCUT2D eigenvalue weighted by molar-refractivity contribution is 6.19. The molecule has 1 atom stereocenters. The molecule has 0 heterocycles. The molecule has 0 saturated carbocycles. The quantitative estimate of drug-likeness (QED) is 0.436. The van der Waals surface area contributed by atoms with Crippen molar-refractivity contribution in [2.45, 2.75) is 13.0 Å². The highest BCUT2D eigenvalue weighted by atomic mass is 16.5. The number of carbonyl (C=O) groups excluding carboxylic acids is 1. The van der Waals surface area contributed by atoms with Crippen molar-refractivity contribution in [2.75, 3.05) is 6.61 Å². The maximum absolute atomic E-state index is 12.2. The van der Waals surface area contributed by atoms with Crippen LogP contribution in [0.3, 0.4) is 0 Å². The minimum Gasteiger partial charge on any atom is -0.464 e. The van der Waals surface area contributed by atoms with E-state index in [4.69, 9.17) is 4.74 Å². The number of ether oxygens (including phenoxy) is 1. The van der Waals surface area contributed by atoms with Crippen LogP contribution in [0.25, 0.3) is 32.3 Å². The summed E-state index contributed by atoms with van der Waals surface area (Å²) in [5.74, 6) is -0.619. The summed E-state index contributed by atoms with van der Waals surface area (Å²) in [6.07, 6.45) is -1.31. The Hall–Kier alpha value is -2.91. The van der Waals surface area contributed by atoms with Crippen molar-refractivity contribution in [3.05, 3.63) is 72.3 Å². The number of rotatable bonds is 3. The summed E-state index contributed by atoms with van der Waals surface area (Å²) in [4.78, 5) is 12.2. The summed E-state index contributed by atoms with van der Waals surface area (Å²) < 4.78 is 5.04. The minimum atomic E-state index is -1.31. The summed E-state index contributed by atoms with van der Waals surface area (Å²) in [5.41, 5.74) is 0.587. The van der Waals surface area contributed by atoms with Crippen molar-refractivity contribution in [2.24, 2.45) is 0 Å². The van der Waals surface area contributed by atoms with Gasteiger partial charge in [0.05, 0.1) is 6.61 Å². The van der Waals surface area contributed by atoms with E-state index in [1.165, 1.54) is 0 Å². The van der Waals surface area contributed by atoms with Crippen LogP contribution in [0, 0.1) is 0 Å². The maximum atomic E-state index is 12.2. The number of carbonyl (C=O) groups is 1. The lowest BCUT2D eigenvalue weighted by atomic mass is 9.91. The zero-order chi connectivity index (χ0) is 17.4. The maximum Gasteiger partial charge on any atom is 0.339 e. The van der Waals surface area contributed by atoms with E-state index in [1.807, 2.05) is 48.5 Å². The average Bonchev–Trinajstić information content (AvgIpc) is 2.66. The molecule has 3 heteroatoms. The van der Waals surface area contributed by atoms with Gasteiger partial charge in [-0.25, -0.2) is 4.79 Å². The Labute approximate surface area is 145 Å². The molecular formula is C22H18O3. The van der Waals surface area contributed by atoms with Gasteiger partial charge < -0.3 is 9.84 Å². The van der Waals surface area contributed by atoms with E-state index in [1.54, 1.807) is 6.92 Å². The van der Waals surface area contributed by atoms with E-state index < -0.39 is 12.1 Å². The fraction of sp³-hybridized carbons (Fsp3) is 0.136. The predicted molar refractivity (Wildman–Crippen MR) is 101 cm³/mol. The lowest BCUT2D eigenvalue weighted by Crippen LogP contribution is -2.15. The van der Waals surface area contributed by atoms with E-state index >= 15 is 0 Å². The van der Waals surface area contributed by atoms with Crippen LogP contribution in [0.4, 0.5) is 0 Å². The number of aliphatic hydroxyl groups excluding tert-OH is 1. The molecule has 4 aromatic rings. The van der Waals surface area contributed by atoms with Crippen molar-refractivity contribution in [3.8, 4) is 0 Å². The van der Waals surface area contributed by atoms with E-state index in [0.29, 0.717) is 5.56 Å². The summed E-state index contributed by atoms with van der Waals surface area (Å²) in [6.45, 7) is 1.97. The first-order valence-corrected chi connectivity index (χ1v) is 8.38. The molecule has 0 amide bonds. The Morgan fingerprint density at radius 1 is 0.920 bits per heavy atom. The molecule has 0 bridgehead atoms. The Morgan fingerprint density at radius 2 is 1.60 bits per heavy atom. The van der Waals surface area contributed by atoms with Gasteiger partial charge in [-0.05, 0) is 45.3 Å². The van der Waals surface area contributed by atoms with Crippen molar-refractivity contribution in [1.82, 2.24) is 0 Å². The molecule has 3 nitrogen and oxygen atoms in total. The third-order valence-corrected chi connectivity index (χ3v) is 4.58. The Balaban J connectivity index is 2.14. The average molecular weight is 330 g/mol. The van der Waals surface area contributed by atoms with Crippen molar-refractivity contribution in [3.63, 3.8) is 0 Å². The van der Waals surface area contributed by atoms with Crippen LogP contribution in [0.5, 0.6) is 0 Å². The molecule has 0 aliphatic carbocycles. The van der Waals surface area contributed by atoms with Gasteiger partial charge in [0.2, 0.25) is 0 Å². The summed E-state index contributed by atoms with van der Waals surface area (Å²) >= 11 is 0. The SMILES string of the molecule is CCOC(=O)[C@H](O)c1cc2ccccc2c2ccc3ccccc3c12. The largest absolute Gasteiger partial charge is 0.464 e. The van der Waals surface area contributed by atoms with Gasteiger partial charge in [0, 0.05) is 5.56 Å².